The van der Waals surface area contributed by atoms with E-state index in [0.717, 1.165) is 42.4 Å². The minimum absolute atomic E-state index is 0.0520. The lowest BCUT2D eigenvalue weighted by atomic mass is 10.00. The van der Waals surface area contributed by atoms with Crippen molar-refractivity contribution in [3.05, 3.63) is 23.8 Å². The fourth-order valence-electron chi connectivity index (χ4n) is 2.85. The summed E-state index contributed by atoms with van der Waals surface area (Å²) in [5.74, 6) is 0.0927. The van der Waals surface area contributed by atoms with Gasteiger partial charge in [0.25, 0.3) is 0 Å². The third kappa shape index (κ3) is 2.38. The molecule has 6 heteroatoms. The molecule has 106 valence electrons. The lowest BCUT2D eigenvalue weighted by molar-refractivity contribution is -0.127. The van der Waals surface area contributed by atoms with E-state index in [1.807, 2.05) is 18.2 Å². The number of likely N-dealkylation sites (N-methyl/N-ethyl adjacent to an activating group) is 1. The van der Waals surface area contributed by atoms with Crippen molar-refractivity contribution in [2.45, 2.75) is 31.8 Å². The van der Waals surface area contributed by atoms with Crippen LogP contribution in [0.1, 0.15) is 24.8 Å². The fraction of sp³-hybridized carbons (Fsp3) is 0.500. The second kappa shape index (κ2) is 5.58. The zero-order chi connectivity index (χ0) is 13.9. The standard InChI is InChI=1S/C14H18N4O2/c1-15-14(19)12-7-2-3-8-18(12)9-10-5-4-6-11-13(10)17-20-16-11/h4-6,12H,2-3,7-9H2,1H3,(H,15,19)/t12-/m0/s1. The Morgan fingerprint density at radius 3 is 3.20 bits per heavy atom. The quantitative estimate of drug-likeness (QED) is 0.914. The van der Waals surface area contributed by atoms with E-state index < -0.39 is 0 Å². The highest BCUT2D eigenvalue weighted by Gasteiger charge is 2.28. The zero-order valence-corrected chi connectivity index (χ0v) is 11.5. The summed E-state index contributed by atoms with van der Waals surface area (Å²) >= 11 is 0. The van der Waals surface area contributed by atoms with E-state index in [0.29, 0.717) is 6.54 Å². The number of carbonyl (C=O) groups excluding carboxylic acids is 1. The summed E-state index contributed by atoms with van der Waals surface area (Å²) < 4.78 is 4.79. The summed E-state index contributed by atoms with van der Waals surface area (Å²) in [5, 5.41) is 10.6. The number of nitrogens with zero attached hydrogens (tertiary/aromatic N) is 3. The Morgan fingerprint density at radius 2 is 2.35 bits per heavy atom. The average Bonchev–Trinajstić information content (AvgIpc) is 2.96. The molecule has 0 saturated carbocycles. The number of rotatable bonds is 3. The molecule has 1 aromatic heterocycles. The van der Waals surface area contributed by atoms with Crippen molar-refractivity contribution in [3.63, 3.8) is 0 Å². The summed E-state index contributed by atoms with van der Waals surface area (Å²) in [5.41, 5.74) is 2.60. The fourth-order valence-corrected chi connectivity index (χ4v) is 2.85. The molecule has 1 aliphatic heterocycles. The van der Waals surface area contributed by atoms with Crippen LogP contribution in [0, 0.1) is 0 Å². The Kier molecular flexibility index (Phi) is 3.64. The van der Waals surface area contributed by atoms with E-state index in [-0.39, 0.29) is 11.9 Å². The molecule has 1 fully saturated rings. The number of fused-ring (bicyclic) bond motifs is 1. The first-order valence-electron chi connectivity index (χ1n) is 6.95. The van der Waals surface area contributed by atoms with Gasteiger partial charge in [-0.1, -0.05) is 18.6 Å². The molecule has 1 aliphatic rings. The van der Waals surface area contributed by atoms with Crippen LogP contribution in [-0.4, -0.2) is 40.8 Å². The first-order valence-corrected chi connectivity index (χ1v) is 6.95. The second-order valence-electron chi connectivity index (χ2n) is 5.15. The molecule has 1 saturated heterocycles. The number of nitrogens with one attached hydrogen (secondary N) is 1. The van der Waals surface area contributed by atoms with E-state index in [9.17, 15) is 4.79 Å². The van der Waals surface area contributed by atoms with Crippen molar-refractivity contribution in [3.8, 4) is 0 Å². The maximum absolute atomic E-state index is 12.0. The molecule has 1 atom stereocenters. The third-order valence-corrected chi connectivity index (χ3v) is 3.91. The van der Waals surface area contributed by atoms with Gasteiger partial charge < -0.3 is 5.32 Å². The van der Waals surface area contributed by atoms with Crippen LogP contribution in [0.15, 0.2) is 22.8 Å². The minimum Gasteiger partial charge on any atom is -0.358 e. The minimum atomic E-state index is -0.0520. The van der Waals surface area contributed by atoms with Crippen LogP contribution >= 0.6 is 0 Å². The third-order valence-electron chi connectivity index (χ3n) is 3.91. The number of carbonyl (C=O) groups is 1. The highest BCUT2D eigenvalue weighted by atomic mass is 16.6. The van der Waals surface area contributed by atoms with E-state index >= 15 is 0 Å². The smallest absolute Gasteiger partial charge is 0.237 e. The van der Waals surface area contributed by atoms with E-state index in [1.165, 1.54) is 0 Å². The Balaban J connectivity index is 1.84. The molecule has 1 aromatic carbocycles. The monoisotopic (exact) mass is 274 g/mol. The number of hydrogen-bond acceptors (Lipinski definition) is 5. The summed E-state index contributed by atoms with van der Waals surface area (Å²) in [6.07, 6.45) is 3.14. The molecule has 0 unspecified atom stereocenters. The Morgan fingerprint density at radius 1 is 1.45 bits per heavy atom. The maximum Gasteiger partial charge on any atom is 0.237 e. The summed E-state index contributed by atoms with van der Waals surface area (Å²) in [6.45, 7) is 1.63. The Hall–Kier alpha value is -1.95. The van der Waals surface area contributed by atoms with Crippen LogP contribution < -0.4 is 5.32 Å². The number of amides is 1. The predicted molar refractivity (Wildman–Crippen MR) is 73.9 cm³/mol. The van der Waals surface area contributed by atoms with Crippen LogP contribution in [0.5, 0.6) is 0 Å². The van der Waals surface area contributed by atoms with E-state index in [4.69, 9.17) is 4.63 Å². The number of benzene rings is 1. The second-order valence-corrected chi connectivity index (χ2v) is 5.15. The largest absolute Gasteiger partial charge is 0.358 e. The predicted octanol–water partition coefficient (Wildman–Crippen LogP) is 1.32. The molecule has 0 bridgehead atoms. The molecule has 20 heavy (non-hydrogen) atoms. The highest BCUT2D eigenvalue weighted by molar-refractivity contribution is 5.81. The van der Waals surface area contributed by atoms with Gasteiger partial charge in [-0.15, -0.1) is 0 Å². The van der Waals surface area contributed by atoms with Gasteiger partial charge in [0, 0.05) is 13.6 Å². The molecule has 3 rings (SSSR count). The van der Waals surface area contributed by atoms with Crippen LogP contribution in [0.4, 0.5) is 0 Å². The Bertz CT molecular complexity index is 610. The molecule has 1 amide bonds. The molecule has 0 spiro atoms. The van der Waals surface area contributed by atoms with Gasteiger partial charge in [0.05, 0.1) is 6.04 Å². The summed E-state index contributed by atoms with van der Waals surface area (Å²) in [6, 6.07) is 5.79. The van der Waals surface area contributed by atoms with Gasteiger partial charge in [0.1, 0.15) is 11.0 Å². The van der Waals surface area contributed by atoms with E-state index in [2.05, 4.69) is 20.5 Å². The highest BCUT2D eigenvalue weighted by Crippen LogP contribution is 2.22. The summed E-state index contributed by atoms with van der Waals surface area (Å²) in [4.78, 5) is 14.2. The number of likely N-dealkylation sites (tertiary alicyclic amines) is 1. The van der Waals surface area contributed by atoms with Crippen LogP contribution in [-0.2, 0) is 11.3 Å². The molecule has 1 N–H and O–H groups in total. The summed E-state index contributed by atoms with van der Waals surface area (Å²) in [7, 11) is 1.69. The van der Waals surface area contributed by atoms with Crippen molar-refractivity contribution in [1.82, 2.24) is 20.5 Å². The van der Waals surface area contributed by atoms with Gasteiger partial charge >= 0.3 is 0 Å². The SMILES string of the molecule is CNC(=O)[C@@H]1CCCCN1Cc1cccc2nonc12. The van der Waals surface area contributed by atoms with Gasteiger partial charge in [-0.3, -0.25) is 9.69 Å². The van der Waals surface area contributed by atoms with Gasteiger partial charge in [0.2, 0.25) is 5.91 Å². The molecular weight excluding hydrogens is 256 g/mol. The maximum atomic E-state index is 12.0. The number of piperidine rings is 1. The van der Waals surface area contributed by atoms with Crippen molar-refractivity contribution < 1.29 is 9.42 Å². The van der Waals surface area contributed by atoms with Crippen LogP contribution in [0.3, 0.4) is 0 Å². The van der Waals surface area contributed by atoms with Gasteiger partial charge in [-0.2, -0.15) is 0 Å². The number of hydrogen-bond donors (Lipinski definition) is 1. The van der Waals surface area contributed by atoms with Gasteiger partial charge in [0.15, 0.2) is 0 Å². The van der Waals surface area contributed by atoms with E-state index in [1.54, 1.807) is 7.05 Å². The Labute approximate surface area is 117 Å². The zero-order valence-electron chi connectivity index (χ0n) is 11.5. The lowest BCUT2D eigenvalue weighted by Crippen LogP contribution is -2.48. The normalized spacial score (nSPS) is 20.1. The molecule has 2 heterocycles. The van der Waals surface area contributed by atoms with Gasteiger partial charge in [-0.25, -0.2) is 4.63 Å². The van der Waals surface area contributed by atoms with Crippen molar-refractivity contribution >= 4 is 16.9 Å². The number of aromatic nitrogens is 2. The first-order chi connectivity index (χ1) is 9.79. The average molecular weight is 274 g/mol. The van der Waals surface area contributed by atoms with Crippen molar-refractivity contribution in [2.24, 2.45) is 0 Å². The van der Waals surface area contributed by atoms with Gasteiger partial charge in [-0.05, 0) is 41.3 Å². The molecule has 0 aliphatic carbocycles. The lowest BCUT2D eigenvalue weighted by Gasteiger charge is -2.34. The molecular formula is C14H18N4O2. The molecule has 0 radical (unpaired) electrons. The molecule has 6 nitrogen and oxygen atoms in total. The van der Waals surface area contributed by atoms with Crippen molar-refractivity contribution in [1.29, 1.82) is 0 Å². The topological polar surface area (TPSA) is 71.3 Å². The van der Waals surface area contributed by atoms with Crippen LogP contribution in [0.25, 0.3) is 11.0 Å². The first kappa shape index (κ1) is 13.1. The van der Waals surface area contributed by atoms with Crippen molar-refractivity contribution in [2.75, 3.05) is 13.6 Å². The molecule has 2 aromatic rings. The van der Waals surface area contributed by atoms with Crippen LogP contribution in [0.2, 0.25) is 0 Å².